The molecule has 0 saturated carbocycles. The van der Waals surface area contributed by atoms with Gasteiger partial charge in [-0.3, -0.25) is 4.72 Å². The summed E-state index contributed by atoms with van der Waals surface area (Å²) in [5.74, 6) is -0.864. The van der Waals surface area contributed by atoms with Gasteiger partial charge in [0.25, 0.3) is 10.0 Å². The maximum Gasteiger partial charge on any atom is 0.573 e. The highest BCUT2D eigenvalue weighted by molar-refractivity contribution is 7.92. The van der Waals surface area contributed by atoms with E-state index in [9.17, 15) is 26.7 Å². The van der Waals surface area contributed by atoms with Crippen molar-refractivity contribution in [3.05, 3.63) is 53.1 Å². The number of benzene rings is 2. The number of para-hydroxylation sites is 1. The van der Waals surface area contributed by atoms with Crippen molar-refractivity contribution in [2.24, 2.45) is 0 Å². The fourth-order valence-electron chi connectivity index (χ4n) is 1.87. The van der Waals surface area contributed by atoms with E-state index in [1.54, 1.807) is 0 Å². The van der Waals surface area contributed by atoms with Crippen LogP contribution in [0.25, 0.3) is 0 Å². The summed E-state index contributed by atoms with van der Waals surface area (Å²) in [5.41, 5.74) is 0.156. The van der Waals surface area contributed by atoms with Crippen LogP contribution in [-0.2, 0) is 16.6 Å². The van der Waals surface area contributed by atoms with E-state index in [0.29, 0.717) is 0 Å². The Kier molecular flexibility index (Phi) is 5.26. The van der Waals surface area contributed by atoms with Crippen LogP contribution >= 0.6 is 11.6 Å². The third-order valence-electron chi connectivity index (χ3n) is 2.85. The summed E-state index contributed by atoms with van der Waals surface area (Å²) in [4.78, 5) is -0.693. The monoisotopic (exact) mass is 381 g/mol. The number of halogens is 4. The topological polar surface area (TPSA) is 75.6 Å². The van der Waals surface area contributed by atoms with Crippen LogP contribution in [0.5, 0.6) is 5.75 Å². The van der Waals surface area contributed by atoms with Crippen LogP contribution in [0, 0.1) is 0 Å². The van der Waals surface area contributed by atoms with E-state index < -0.39 is 33.6 Å². The maximum atomic E-state index is 12.4. The van der Waals surface area contributed by atoms with Crippen LogP contribution in [0.1, 0.15) is 5.56 Å². The molecule has 0 fully saturated rings. The summed E-state index contributed by atoms with van der Waals surface area (Å²) in [7, 11) is -4.39. The van der Waals surface area contributed by atoms with E-state index in [-0.39, 0.29) is 16.3 Å². The van der Waals surface area contributed by atoms with Gasteiger partial charge in [-0.1, -0.05) is 23.7 Å². The second kappa shape index (κ2) is 6.88. The van der Waals surface area contributed by atoms with Crippen LogP contribution in [0.15, 0.2) is 47.4 Å². The van der Waals surface area contributed by atoms with E-state index in [0.717, 1.165) is 12.1 Å². The van der Waals surface area contributed by atoms with E-state index in [4.69, 9.17) is 11.6 Å². The standard InChI is InChI=1S/C14H11ClF3NO4S/c15-10-5-6-11(9(7-10)8-20)19-24(21,22)13-4-2-1-3-12(13)23-14(16,17)18/h1-7,19-20H,8H2. The summed E-state index contributed by atoms with van der Waals surface area (Å²) in [5, 5.41) is 9.52. The van der Waals surface area contributed by atoms with E-state index in [1.807, 2.05) is 0 Å². The first-order chi connectivity index (χ1) is 11.1. The summed E-state index contributed by atoms with van der Waals surface area (Å²) in [6.45, 7) is -0.515. The third-order valence-corrected chi connectivity index (χ3v) is 4.49. The first-order valence-corrected chi connectivity index (χ1v) is 8.25. The highest BCUT2D eigenvalue weighted by Gasteiger charge is 2.34. The SMILES string of the molecule is O=S(=O)(Nc1ccc(Cl)cc1CO)c1ccccc1OC(F)(F)F. The lowest BCUT2D eigenvalue weighted by Gasteiger charge is -2.15. The Morgan fingerprint density at radius 1 is 1.17 bits per heavy atom. The second-order valence-corrected chi connectivity index (χ2v) is 6.65. The van der Waals surface area contributed by atoms with Gasteiger partial charge in [-0.2, -0.15) is 0 Å². The zero-order valence-electron chi connectivity index (χ0n) is 11.8. The highest BCUT2D eigenvalue weighted by atomic mass is 35.5. The number of aliphatic hydroxyl groups is 1. The summed E-state index contributed by atoms with van der Waals surface area (Å²) in [6.07, 6.45) is -5.04. The number of nitrogens with one attached hydrogen (secondary N) is 1. The number of ether oxygens (including phenoxy) is 1. The Hall–Kier alpha value is -1.97. The fourth-order valence-corrected chi connectivity index (χ4v) is 3.30. The minimum atomic E-state index is -5.04. The molecule has 0 atom stereocenters. The molecule has 0 aliphatic heterocycles. The van der Waals surface area contributed by atoms with Gasteiger partial charge in [0.1, 0.15) is 10.6 Å². The number of aliphatic hydroxyl groups excluding tert-OH is 1. The zero-order valence-corrected chi connectivity index (χ0v) is 13.4. The Morgan fingerprint density at radius 3 is 2.46 bits per heavy atom. The van der Waals surface area contributed by atoms with E-state index in [1.165, 1.54) is 30.3 Å². The van der Waals surface area contributed by atoms with Crippen LogP contribution < -0.4 is 9.46 Å². The fraction of sp³-hybridized carbons (Fsp3) is 0.143. The average Bonchev–Trinajstić information content (AvgIpc) is 2.47. The molecule has 0 saturated heterocycles. The predicted molar refractivity (Wildman–Crippen MR) is 81.3 cm³/mol. The molecule has 130 valence electrons. The molecular formula is C14H11ClF3NO4S. The van der Waals surface area contributed by atoms with Gasteiger partial charge in [0.15, 0.2) is 0 Å². The Labute approximate surface area is 140 Å². The van der Waals surface area contributed by atoms with Crippen molar-refractivity contribution >= 4 is 27.3 Å². The van der Waals surface area contributed by atoms with Crippen molar-refractivity contribution in [2.45, 2.75) is 17.9 Å². The van der Waals surface area contributed by atoms with Crippen LogP contribution in [0.3, 0.4) is 0 Å². The number of rotatable bonds is 5. The van der Waals surface area contributed by atoms with Crippen molar-refractivity contribution < 1.29 is 31.4 Å². The number of sulfonamides is 1. The number of alkyl halides is 3. The lowest BCUT2D eigenvalue weighted by Crippen LogP contribution is -2.21. The maximum absolute atomic E-state index is 12.4. The molecule has 2 aromatic carbocycles. The molecule has 2 rings (SSSR count). The molecule has 2 N–H and O–H groups in total. The Balaban J connectivity index is 2.42. The normalized spacial score (nSPS) is 12.0. The minimum absolute atomic E-state index is 0.0105. The lowest BCUT2D eigenvalue weighted by molar-refractivity contribution is -0.275. The molecule has 0 heterocycles. The first kappa shape index (κ1) is 18.4. The molecule has 5 nitrogen and oxygen atoms in total. The van der Waals surface area contributed by atoms with Crippen molar-refractivity contribution in [3.8, 4) is 5.75 Å². The Morgan fingerprint density at radius 2 is 1.83 bits per heavy atom. The van der Waals surface area contributed by atoms with Gasteiger partial charge >= 0.3 is 6.36 Å². The van der Waals surface area contributed by atoms with Gasteiger partial charge in [-0.25, -0.2) is 8.42 Å². The molecule has 2 aromatic rings. The first-order valence-electron chi connectivity index (χ1n) is 6.39. The predicted octanol–water partition coefficient (Wildman–Crippen LogP) is 3.53. The molecule has 0 bridgehead atoms. The lowest BCUT2D eigenvalue weighted by atomic mass is 10.2. The molecule has 0 aliphatic carbocycles. The quantitative estimate of drug-likeness (QED) is 0.830. The van der Waals surface area contributed by atoms with Gasteiger partial charge in [-0.05, 0) is 30.3 Å². The molecule has 0 unspecified atom stereocenters. The van der Waals surface area contributed by atoms with Gasteiger partial charge < -0.3 is 9.84 Å². The van der Waals surface area contributed by atoms with Crippen molar-refractivity contribution in [3.63, 3.8) is 0 Å². The Bertz CT molecular complexity index is 840. The van der Waals surface area contributed by atoms with Crippen LogP contribution in [-0.4, -0.2) is 19.9 Å². The number of anilines is 1. The second-order valence-electron chi connectivity index (χ2n) is 4.56. The number of hydrogen-bond acceptors (Lipinski definition) is 4. The van der Waals surface area contributed by atoms with E-state index in [2.05, 4.69) is 9.46 Å². The summed E-state index contributed by atoms with van der Waals surface area (Å²) in [6, 6.07) is 8.32. The molecule has 10 heteroatoms. The van der Waals surface area contributed by atoms with Crippen molar-refractivity contribution in [1.82, 2.24) is 0 Å². The number of hydrogen-bond donors (Lipinski definition) is 2. The summed E-state index contributed by atoms with van der Waals surface area (Å²) >= 11 is 5.75. The third kappa shape index (κ3) is 4.53. The van der Waals surface area contributed by atoms with Gasteiger partial charge in [0, 0.05) is 10.6 Å². The van der Waals surface area contributed by atoms with Gasteiger partial charge in [0.05, 0.1) is 12.3 Å². The smallest absolute Gasteiger partial charge is 0.404 e. The average molecular weight is 382 g/mol. The van der Waals surface area contributed by atoms with Gasteiger partial charge in [-0.15, -0.1) is 13.2 Å². The molecule has 0 amide bonds. The van der Waals surface area contributed by atoms with Crippen molar-refractivity contribution in [1.29, 1.82) is 0 Å². The van der Waals surface area contributed by atoms with E-state index >= 15 is 0 Å². The molecule has 0 aliphatic rings. The molecule has 24 heavy (non-hydrogen) atoms. The van der Waals surface area contributed by atoms with Gasteiger partial charge in [0.2, 0.25) is 0 Å². The molecular weight excluding hydrogens is 371 g/mol. The summed E-state index contributed by atoms with van der Waals surface area (Å²) < 4.78 is 67.9. The zero-order chi connectivity index (χ0) is 18.0. The molecule has 0 radical (unpaired) electrons. The largest absolute Gasteiger partial charge is 0.573 e. The minimum Gasteiger partial charge on any atom is -0.404 e. The molecule has 0 aromatic heterocycles. The van der Waals surface area contributed by atoms with Crippen LogP contribution in [0.4, 0.5) is 18.9 Å². The van der Waals surface area contributed by atoms with Crippen molar-refractivity contribution in [2.75, 3.05) is 4.72 Å². The molecule has 0 spiro atoms. The highest BCUT2D eigenvalue weighted by Crippen LogP contribution is 2.31. The van der Waals surface area contributed by atoms with Crippen LogP contribution in [0.2, 0.25) is 5.02 Å².